The second kappa shape index (κ2) is 16.3. The predicted octanol–water partition coefficient (Wildman–Crippen LogP) is 5.09. The zero-order valence-electron chi connectivity index (χ0n) is 29.3. The molecule has 48 heavy (non-hydrogen) atoms. The van der Waals surface area contributed by atoms with Crippen molar-refractivity contribution in [3.05, 3.63) is 95.3 Å². The van der Waals surface area contributed by atoms with Gasteiger partial charge in [-0.25, -0.2) is 4.39 Å². The number of nitrogens with zero attached hydrogens (tertiary/aromatic N) is 3. The van der Waals surface area contributed by atoms with Crippen molar-refractivity contribution in [3.8, 4) is 0 Å². The van der Waals surface area contributed by atoms with E-state index in [1.54, 1.807) is 26.2 Å². The maximum atomic E-state index is 14.5. The highest BCUT2D eigenvalue weighted by Gasteiger charge is 2.35. The lowest BCUT2D eigenvalue weighted by molar-refractivity contribution is -0.146. The number of nitrogens with two attached hydrogens (primary N) is 1. The highest BCUT2D eigenvalue weighted by molar-refractivity contribution is 5.95. The Bertz CT molecular complexity index is 1600. The molecule has 1 saturated heterocycles. The van der Waals surface area contributed by atoms with Gasteiger partial charge in [0.1, 0.15) is 17.9 Å². The van der Waals surface area contributed by atoms with Crippen LogP contribution in [0.1, 0.15) is 57.6 Å². The van der Waals surface area contributed by atoms with E-state index >= 15 is 0 Å². The molecule has 1 heterocycles. The second-order valence-corrected chi connectivity index (χ2v) is 14.2. The fourth-order valence-electron chi connectivity index (χ4n) is 6.68. The van der Waals surface area contributed by atoms with Crippen molar-refractivity contribution in [3.63, 3.8) is 0 Å². The van der Waals surface area contributed by atoms with Gasteiger partial charge in [0, 0.05) is 51.1 Å². The van der Waals surface area contributed by atoms with Crippen LogP contribution in [0.3, 0.4) is 0 Å². The SMILES string of the molecule is CC(=CC(=O)N(C)[C@H](Cc1ccc2ccccc2c1)C(=O)N(C)[C@H](Cc1ccc(F)cc1)C(=O)NCCC1CCCN1C)CC(C)(C)N. The molecule has 3 atom stereocenters. The summed E-state index contributed by atoms with van der Waals surface area (Å²) in [5, 5.41) is 5.18. The predicted molar refractivity (Wildman–Crippen MR) is 191 cm³/mol. The fraction of sp³-hybridized carbons (Fsp3) is 0.462. The molecule has 8 nitrogen and oxygen atoms in total. The third-order valence-electron chi connectivity index (χ3n) is 9.36. The van der Waals surface area contributed by atoms with Gasteiger partial charge in [0.25, 0.3) is 0 Å². The van der Waals surface area contributed by atoms with Crippen molar-refractivity contribution in [2.75, 3.05) is 34.2 Å². The van der Waals surface area contributed by atoms with Gasteiger partial charge in [0.15, 0.2) is 0 Å². The molecular weight excluding hydrogens is 605 g/mol. The van der Waals surface area contributed by atoms with Gasteiger partial charge in [0.2, 0.25) is 17.7 Å². The summed E-state index contributed by atoms with van der Waals surface area (Å²) < 4.78 is 13.8. The van der Waals surface area contributed by atoms with Crippen LogP contribution in [0.4, 0.5) is 4.39 Å². The van der Waals surface area contributed by atoms with Crippen LogP contribution < -0.4 is 11.1 Å². The van der Waals surface area contributed by atoms with Crippen LogP contribution in [-0.4, -0.2) is 90.3 Å². The summed E-state index contributed by atoms with van der Waals surface area (Å²) in [5.41, 5.74) is 8.14. The van der Waals surface area contributed by atoms with E-state index in [1.807, 2.05) is 63.2 Å². The molecule has 258 valence electrons. The van der Waals surface area contributed by atoms with Crippen LogP contribution in [0.5, 0.6) is 0 Å². The van der Waals surface area contributed by atoms with E-state index in [0.717, 1.165) is 53.3 Å². The Labute approximate surface area is 285 Å². The average molecular weight is 658 g/mol. The van der Waals surface area contributed by atoms with Crippen LogP contribution in [-0.2, 0) is 27.2 Å². The Morgan fingerprint density at radius 1 is 0.979 bits per heavy atom. The van der Waals surface area contributed by atoms with E-state index in [0.29, 0.717) is 19.0 Å². The van der Waals surface area contributed by atoms with Crippen molar-refractivity contribution in [1.82, 2.24) is 20.0 Å². The minimum atomic E-state index is -0.894. The van der Waals surface area contributed by atoms with Crippen molar-refractivity contribution in [1.29, 1.82) is 0 Å². The van der Waals surface area contributed by atoms with E-state index in [1.165, 1.54) is 28.0 Å². The summed E-state index contributed by atoms with van der Waals surface area (Å²) in [6, 6.07) is 18.6. The summed E-state index contributed by atoms with van der Waals surface area (Å²) in [6.07, 6.45) is 5.56. The molecule has 0 aliphatic carbocycles. The number of benzene rings is 3. The van der Waals surface area contributed by atoms with E-state index in [9.17, 15) is 18.8 Å². The van der Waals surface area contributed by atoms with Gasteiger partial charge < -0.3 is 25.8 Å². The van der Waals surface area contributed by atoms with Gasteiger partial charge in [-0.05, 0) is 94.1 Å². The number of nitrogens with one attached hydrogen (secondary N) is 1. The minimum Gasteiger partial charge on any atom is -0.354 e. The number of rotatable bonds is 14. The Hall–Kier alpha value is -4.08. The zero-order valence-corrected chi connectivity index (χ0v) is 29.3. The molecular formula is C39H52FN5O3. The molecule has 3 N–H and O–H groups in total. The molecule has 1 aliphatic heterocycles. The number of hydrogen-bond acceptors (Lipinski definition) is 5. The monoisotopic (exact) mass is 657 g/mol. The Morgan fingerprint density at radius 3 is 2.27 bits per heavy atom. The summed E-state index contributed by atoms with van der Waals surface area (Å²) >= 11 is 0. The van der Waals surface area contributed by atoms with Crippen LogP contribution in [0, 0.1) is 5.82 Å². The molecule has 0 bridgehead atoms. The van der Waals surface area contributed by atoms with Gasteiger partial charge in [-0.3, -0.25) is 14.4 Å². The lowest BCUT2D eigenvalue weighted by Crippen LogP contribution is -2.56. The van der Waals surface area contributed by atoms with Crippen LogP contribution in [0.2, 0.25) is 0 Å². The molecule has 1 unspecified atom stereocenters. The number of carbonyl (C=O) groups is 3. The zero-order chi connectivity index (χ0) is 35.0. The van der Waals surface area contributed by atoms with Gasteiger partial charge >= 0.3 is 0 Å². The Morgan fingerprint density at radius 2 is 1.62 bits per heavy atom. The van der Waals surface area contributed by atoms with Gasteiger partial charge in [-0.1, -0.05) is 60.2 Å². The van der Waals surface area contributed by atoms with E-state index < -0.39 is 17.6 Å². The standard InChI is InChI=1S/C39H52FN5O3/c1-27(26-39(2,3)41)22-36(46)44(5)35(25-29-13-16-30-10-7-8-11-31(30)23-29)38(48)45(6)34(24-28-14-17-32(40)18-15-28)37(47)42-20-19-33-12-9-21-43(33)4/h7-8,10-11,13-18,22-23,33-35H,9,12,19-21,24-26,41H2,1-6H3,(H,42,47)/t33?,34-,35-/m1/s1. The van der Waals surface area contributed by atoms with E-state index in [4.69, 9.17) is 5.73 Å². The molecule has 3 aromatic carbocycles. The molecule has 1 aliphatic rings. The molecule has 0 saturated carbocycles. The lowest BCUT2D eigenvalue weighted by atomic mass is 9.96. The molecule has 0 radical (unpaired) electrons. The third-order valence-corrected chi connectivity index (χ3v) is 9.36. The first-order chi connectivity index (χ1) is 22.7. The number of fused-ring (bicyclic) bond motifs is 1. The third kappa shape index (κ3) is 10.2. The molecule has 4 rings (SSSR count). The first-order valence-electron chi connectivity index (χ1n) is 16.9. The quantitative estimate of drug-likeness (QED) is 0.236. The maximum absolute atomic E-state index is 14.5. The van der Waals surface area contributed by atoms with E-state index in [-0.39, 0.29) is 36.4 Å². The fourth-order valence-corrected chi connectivity index (χ4v) is 6.68. The molecule has 0 spiro atoms. The largest absolute Gasteiger partial charge is 0.354 e. The van der Waals surface area contributed by atoms with Crippen molar-refractivity contribution < 1.29 is 18.8 Å². The van der Waals surface area contributed by atoms with Crippen LogP contribution in [0.25, 0.3) is 10.8 Å². The summed E-state index contributed by atoms with van der Waals surface area (Å²) in [6.45, 7) is 7.19. The molecule has 9 heteroatoms. The highest BCUT2D eigenvalue weighted by Crippen LogP contribution is 2.22. The minimum absolute atomic E-state index is 0.197. The number of hydrogen-bond donors (Lipinski definition) is 2. The molecule has 3 amide bonds. The van der Waals surface area contributed by atoms with Crippen LogP contribution >= 0.6 is 0 Å². The molecule has 0 aromatic heterocycles. The number of carbonyl (C=O) groups excluding carboxylic acids is 3. The Kier molecular flexibility index (Phi) is 12.5. The first-order valence-corrected chi connectivity index (χ1v) is 16.9. The van der Waals surface area contributed by atoms with Crippen LogP contribution in [0.15, 0.2) is 78.4 Å². The highest BCUT2D eigenvalue weighted by atomic mass is 19.1. The van der Waals surface area contributed by atoms with Crippen molar-refractivity contribution >= 4 is 28.5 Å². The van der Waals surface area contributed by atoms with Crippen molar-refractivity contribution in [2.24, 2.45) is 5.73 Å². The number of likely N-dealkylation sites (N-methyl/N-ethyl adjacent to an activating group) is 2. The smallest absolute Gasteiger partial charge is 0.246 e. The van der Waals surface area contributed by atoms with Gasteiger partial charge in [0.05, 0.1) is 0 Å². The number of halogens is 1. The van der Waals surface area contributed by atoms with Crippen molar-refractivity contribution in [2.45, 2.75) is 83.0 Å². The summed E-state index contributed by atoms with van der Waals surface area (Å²) in [4.78, 5) is 47.2. The van der Waals surface area contributed by atoms with E-state index in [2.05, 4.69) is 17.3 Å². The summed E-state index contributed by atoms with van der Waals surface area (Å²) in [5.74, 6) is -1.33. The number of amides is 3. The second-order valence-electron chi connectivity index (χ2n) is 14.2. The summed E-state index contributed by atoms with van der Waals surface area (Å²) in [7, 11) is 5.35. The Balaban J connectivity index is 1.63. The van der Waals surface area contributed by atoms with Gasteiger partial charge in [-0.2, -0.15) is 0 Å². The van der Waals surface area contributed by atoms with Gasteiger partial charge in [-0.15, -0.1) is 0 Å². The average Bonchev–Trinajstić information content (AvgIpc) is 3.45. The first kappa shape index (κ1) is 36.8. The lowest BCUT2D eigenvalue weighted by Gasteiger charge is -2.34. The number of likely N-dealkylation sites (tertiary alicyclic amines) is 1. The molecule has 1 fully saturated rings. The maximum Gasteiger partial charge on any atom is 0.246 e. The normalized spacial score (nSPS) is 16.8. The molecule has 3 aromatic rings. The topological polar surface area (TPSA) is 99.0 Å².